The van der Waals surface area contributed by atoms with Crippen molar-refractivity contribution < 1.29 is 4.42 Å². The molecule has 1 aromatic heterocycles. The van der Waals surface area contributed by atoms with Crippen LogP contribution in [0.3, 0.4) is 0 Å². The van der Waals surface area contributed by atoms with E-state index in [1.165, 1.54) is 33.4 Å². The summed E-state index contributed by atoms with van der Waals surface area (Å²) in [6.07, 6.45) is 14.2. The fraction of sp³-hybridized carbons (Fsp3) is 0.294. The minimum absolute atomic E-state index is 0.924. The fourth-order valence-corrected chi connectivity index (χ4v) is 4.74. The van der Waals surface area contributed by atoms with Crippen LogP contribution in [0.1, 0.15) is 101 Å². The molecule has 1 heterocycles. The highest BCUT2D eigenvalue weighted by Crippen LogP contribution is 2.41. The molecule has 0 saturated heterocycles. The Morgan fingerprint density at radius 3 is 2.23 bits per heavy atom. The largest absolute Gasteiger partial charge is 0.455 e. The maximum atomic E-state index is 6.75. The minimum Gasteiger partial charge on any atom is -0.455 e. The normalized spacial score (nSPS) is 13.3. The van der Waals surface area contributed by atoms with Gasteiger partial charge in [0.05, 0.1) is 0 Å². The molecule has 0 aliphatic rings. The Labute approximate surface area is 212 Å². The van der Waals surface area contributed by atoms with Gasteiger partial charge in [0.25, 0.3) is 0 Å². The molecule has 0 bridgehead atoms. The molecule has 0 amide bonds. The van der Waals surface area contributed by atoms with E-state index in [1.807, 2.05) is 0 Å². The van der Waals surface area contributed by atoms with Crippen molar-refractivity contribution in [1.29, 1.82) is 0 Å². The monoisotopic (exact) mass is 464 g/mol. The third kappa shape index (κ3) is 5.35. The predicted molar refractivity (Wildman–Crippen MR) is 157 cm³/mol. The second-order valence-corrected chi connectivity index (χ2v) is 9.12. The Kier molecular flexibility index (Phi) is 8.93. The summed E-state index contributed by atoms with van der Waals surface area (Å²) < 4.78 is 6.75. The molecule has 3 aromatic rings. The molecule has 0 N–H and O–H groups in total. The van der Waals surface area contributed by atoms with E-state index < -0.39 is 0 Å². The van der Waals surface area contributed by atoms with E-state index >= 15 is 0 Å². The summed E-state index contributed by atoms with van der Waals surface area (Å²) in [5, 5.41) is 1.16. The van der Waals surface area contributed by atoms with E-state index in [1.54, 1.807) is 0 Å². The van der Waals surface area contributed by atoms with Crippen molar-refractivity contribution in [2.24, 2.45) is 0 Å². The average molecular weight is 465 g/mol. The molecule has 0 aliphatic heterocycles. The smallest absolute Gasteiger partial charge is 0.143 e. The predicted octanol–water partition coefficient (Wildman–Crippen LogP) is 11.0. The highest BCUT2D eigenvalue weighted by atomic mass is 16.3. The first-order valence-electron chi connectivity index (χ1n) is 12.9. The van der Waals surface area contributed by atoms with E-state index in [9.17, 15) is 0 Å². The zero-order chi connectivity index (χ0) is 25.5. The van der Waals surface area contributed by atoms with Crippen molar-refractivity contribution in [3.8, 4) is 0 Å². The van der Waals surface area contributed by atoms with Crippen LogP contribution in [0.5, 0.6) is 0 Å². The number of allylic oxidation sites excluding steroid dienone is 7. The van der Waals surface area contributed by atoms with Crippen LogP contribution in [0.2, 0.25) is 0 Å². The molecule has 3 rings (SSSR count). The Morgan fingerprint density at radius 2 is 1.66 bits per heavy atom. The number of fused-ring (bicyclic) bond motifs is 1. The van der Waals surface area contributed by atoms with Crippen LogP contribution in [0.25, 0.3) is 39.3 Å². The van der Waals surface area contributed by atoms with Crippen LogP contribution < -0.4 is 0 Å². The Hall–Kier alpha value is -3.32. The van der Waals surface area contributed by atoms with Gasteiger partial charge in [-0.15, -0.1) is 0 Å². The molecule has 0 fully saturated rings. The van der Waals surface area contributed by atoms with Gasteiger partial charge in [0.2, 0.25) is 0 Å². The van der Waals surface area contributed by atoms with E-state index in [0.29, 0.717) is 0 Å². The topological polar surface area (TPSA) is 13.1 Å². The van der Waals surface area contributed by atoms with Crippen molar-refractivity contribution in [1.82, 2.24) is 0 Å². The molecule has 0 radical (unpaired) electrons. The molecular weight excluding hydrogens is 424 g/mol. The Morgan fingerprint density at radius 1 is 0.943 bits per heavy atom. The molecule has 0 spiro atoms. The highest BCUT2D eigenvalue weighted by Gasteiger charge is 2.21. The van der Waals surface area contributed by atoms with Gasteiger partial charge in [-0.2, -0.15) is 0 Å². The first-order valence-corrected chi connectivity index (χ1v) is 12.9. The van der Waals surface area contributed by atoms with Gasteiger partial charge in [-0.05, 0) is 93.0 Å². The van der Waals surface area contributed by atoms with Crippen LogP contribution >= 0.6 is 0 Å². The third-order valence-corrected chi connectivity index (χ3v) is 6.63. The second-order valence-electron chi connectivity index (χ2n) is 9.12. The maximum absolute atomic E-state index is 6.75. The van der Waals surface area contributed by atoms with Gasteiger partial charge in [-0.1, -0.05) is 87.1 Å². The quantitative estimate of drug-likeness (QED) is 0.307. The van der Waals surface area contributed by atoms with Crippen LogP contribution in [-0.2, 0) is 0 Å². The molecule has 1 nitrogen and oxygen atoms in total. The average Bonchev–Trinajstić information content (AvgIpc) is 3.22. The van der Waals surface area contributed by atoms with Crippen LogP contribution in [0, 0.1) is 0 Å². The van der Waals surface area contributed by atoms with E-state index in [2.05, 4.69) is 122 Å². The Bertz CT molecular complexity index is 1330. The summed E-state index contributed by atoms with van der Waals surface area (Å²) in [5.41, 5.74) is 11.6. The summed E-state index contributed by atoms with van der Waals surface area (Å²) >= 11 is 0. The molecule has 0 aliphatic carbocycles. The standard InChI is InChI=1S/C34H40O/c1-9-14-18-24(8)26-21-31(27(13-5)29-20-16-15-19-28(29)23(6)7)34-32(22-26)30(17-10-2)33(35-34)25(11-3)12-4/h10-11,13,15-22H,6,9,12,14H2,1-5,7-8H3/b17-10-,24-18+,25-11-,27-13+. The summed E-state index contributed by atoms with van der Waals surface area (Å²) in [7, 11) is 0. The van der Waals surface area contributed by atoms with E-state index in [-0.39, 0.29) is 0 Å². The van der Waals surface area contributed by atoms with Crippen molar-refractivity contribution in [2.45, 2.75) is 67.7 Å². The SMILES string of the molecule is C=C(C)c1ccccc1/C(=C\C)c1cc(/C(C)=C/CCC)cc2c(/C=C\C)c(/C(=C\C)CC)oc12. The molecule has 0 unspecified atom stereocenters. The van der Waals surface area contributed by atoms with E-state index in [0.717, 1.165) is 52.7 Å². The van der Waals surface area contributed by atoms with E-state index in [4.69, 9.17) is 4.42 Å². The number of furan rings is 1. The number of unbranched alkanes of at least 4 members (excludes halogenated alkanes) is 1. The zero-order valence-electron chi connectivity index (χ0n) is 22.6. The fourth-order valence-electron chi connectivity index (χ4n) is 4.74. The lowest BCUT2D eigenvalue weighted by molar-refractivity contribution is 0.595. The Balaban J connectivity index is 2.47. The lowest BCUT2D eigenvalue weighted by Crippen LogP contribution is -1.95. The van der Waals surface area contributed by atoms with Crippen LogP contribution in [0.4, 0.5) is 0 Å². The highest BCUT2D eigenvalue weighted by molar-refractivity contribution is 6.03. The van der Waals surface area contributed by atoms with Crippen LogP contribution in [0.15, 0.2) is 71.7 Å². The first kappa shape index (κ1) is 26.3. The zero-order valence-corrected chi connectivity index (χ0v) is 22.6. The summed E-state index contributed by atoms with van der Waals surface area (Å²) in [6.45, 7) is 19.2. The molecule has 1 heteroatoms. The summed E-state index contributed by atoms with van der Waals surface area (Å²) in [4.78, 5) is 0. The van der Waals surface area contributed by atoms with Crippen molar-refractivity contribution in [3.63, 3.8) is 0 Å². The van der Waals surface area contributed by atoms with Gasteiger partial charge in [0, 0.05) is 16.5 Å². The molecular formula is C34H40O. The molecule has 2 aromatic carbocycles. The second kappa shape index (κ2) is 11.9. The maximum Gasteiger partial charge on any atom is 0.143 e. The number of rotatable bonds is 9. The summed E-state index contributed by atoms with van der Waals surface area (Å²) in [5.74, 6) is 0.973. The van der Waals surface area contributed by atoms with Gasteiger partial charge in [0.15, 0.2) is 0 Å². The first-order chi connectivity index (χ1) is 16.9. The van der Waals surface area contributed by atoms with Gasteiger partial charge >= 0.3 is 0 Å². The molecule has 35 heavy (non-hydrogen) atoms. The van der Waals surface area contributed by atoms with Crippen LogP contribution in [-0.4, -0.2) is 0 Å². The number of benzene rings is 2. The lowest BCUT2D eigenvalue weighted by atomic mass is 9.88. The van der Waals surface area contributed by atoms with Gasteiger partial charge in [-0.3, -0.25) is 0 Å². The van der Waals surface area contributed by atoms with Crippen molar-refractivity contribution >= 4 is 39.3 Å². The minimum atomic E-state index is 0.924. The molecule has 182 valence electrons. The van der Waals surface area contributed by atoms with Gasteiger partial charge < -0.3 is 4.42 Å². The van der Waals surface area contributed by atoms with Crippen molar-refractivity contribution in [3.05, 3.63) is 101 Å². The molecule has 0 atom stereocenters. The molecule has 0 saturated carbocycles. The van der Waals surface area contributed by atoms with Gasteiger partial charge in [0.1, 0.15) is 11.3 Å². The number of hydrogen-bond acceptors (Lipinski definition) is 1. The summed E-state index contributed by atoms with van der Waals surface area (Å²) in [6, 6.07) is 13.2. The van der Waals surface area contributed by atoms with Gasteiger partial charge in [-0.25, -0.2) is 0 Å². The third-order valence-electron chi connectivity index (χ3n) is 6.63. The number of hydrogen-bond donors (Lipinski definition) is 0. The lowest BCUT2D eigenvalue weighted by Gasteiger charge is -2.15. The van der Waals surface area contributed by atoms with Crippen molar-refractivity contribution in [2.75, 3.05) is 0 Å².